The van der Waals surface area contributed by atoms with Gasteiger partial charge in [0.05, 0.1) is 6.10 Å². The number of hydrogen-bond acceptors (Lipinski definition) is 2. The normalized spacial score (nSPS) is 16.2. The molecule has 0 amide bonds. The lowest BCUT2D eigenvalue weighted by Gasteiger charge is -2.27. The monoisotopic (exact) mass is 219 g/mol. The number of nitrogens with one attached hydrogen (secondary N) is 1. The SMILES string of the molecule is Cc1cc(CC2CNC2)ccc1OC(C)C. The molecular formula is C14H21NO. The third-order valence-corrected chi connectivity index (χ3v) is 2.99. The summed E-state index contributed by atoms with van der Waals surface area (Å²) in [7, 11) is 0. The first-order chi connectivity index (χ1) is 7.65. The van der Waals surface area contributed by atoms with Crippen LogP contribution >= 0.6 is 0 Å². The van der Waals surface area contributed by atoms with Crippen molar-refractivity contribution in [3.63, 3.8) is 0 Å². The zero-order valence-electron chi connectivity index (χ0n) is 10.4. The van der Waals surface area contributed by atoms with Gasteiger partial charge in [0.1, 0.15) is 5.75 Å². The van der Waals surface area contributed by atoms with Crippen LogP contribution in [0, 0.1) is 12.8 Å². The van der Waals surface area contributed by atoms with Crippen LogP contribution in [0.1, 0.15) is 25.0 Å². The van der Waals surface area contributed by atoms with Crippen molar-refractivity contribution in [3.05, 3.63) is 29.3 Å². The van der Waals surface area contributed by atoms with Gasteiger partial charge in [-0.2, -0.15) is 0 Å². The average molecular weight is 219 g/mol. The van der Waals surface area contributed by atoms with Crippen LogP contribution in [-0.2, 0) is 6.42 Å². The summed E-state index contributed by atoms with van der Waals surface area (Å²) in [6, 6.07) is 6.57. The summed E-state index contributed by atoms with van der Waals surface area (Å²) >= 11 is 0. The van der Waals surface area contributed by atoms with E-state index in [9.17, 15) is 0 Å². The number of aryl methyl sites for hydroxylation is 1. The van der Waals surface area contributed by atoms with Crippen molar-refractivity contribution in [2.45, 2.75) is 33.3 Å². The van der Waals surface area contributed by atoms with Gasteiger partial charge in [0.15, 0.2) is 0 Å². The quantitative estimate of drug-likeness (QED) is 0.840. The molecule has 0 spiro atoms. The lowest BCUT2D eigenvalue weighted by Crippen LogP contribution is -2.43. The largest absolute Gasteiger partial charge is 0.491 e. The van der Waals surface area contributed by atoms with Crippen molar-refractivity contribution in [3.8, 4) is 5.75 Å². The Hall–Kier alpha value is -1.02. The molecule has 0 aliphatic carbocycles. The fraction of sp³-hybridized carbons (Fsp3) is 0.571. The highest BCUT2D eigenvalue weighted by Crippen LogP contribution is 2.22. The molecule has 0 saturated carbocycles. The predicted octanol–water partition coefficient (Wildman–Crippen LogP) is 2.54. The molecule has 2 heteroatoms. The molecule has 2 nitrogen and oxygen atoms in total. The molecular weight excluding hydrogens is 198 g/mol. The Bertz CT molecular complexity index is 356. The van der Waals surface area contributed by atoms with Gasteiger partial charge in [-0.1, -0.05) is 12.1 Å². The Morgan fingerprint density at radius 2 is 2.12 bits per heavy atom. The van der Waals surface area contributed by atoms with Crippen molar-refractivity contribution < 1.29 is 4.74 Å². The summed E-state index contributed by atoms with van der Waals surface area (Å²) in [6.45, 7) is 8.59. The van der Waals surface area contributed by atoms with Gasteiger partial charge in [-0.3, -0.25) is 0 Å². The summed E-state index contributed by atoms with van der Waals surface area (Å²) < 4.78 is 5.73. The third kappa shape index (κ3) is 2.76. The molecule has 0 radical (unpaired) electrons. The Balaban J connectivity index is 2.03. The Kier molecular flexibility index (Phi) is 3.49. The highest BCUT2D eigenvalue weighted by atomic mass is 16.5. The first-order valence-corrected chi connectivity index (χ1v) is 6.12. The first-order valence-electron chi connectivity index (χ1n) is 6.12. The van der Waals surface area contributed by atoms with Crippen molar-refractivity contribution in [1.82, 2.24) is 5.32 Å². The summed E-state index contributed by atoms with van der Waals surface area (Å²) in [5, 5.41) is 3.31. The minimum atomic E-state index is 0.250. The van der Waals surface area contributed by atoms with Crippen LogP contribution < -0.4 is 10.1 Å². The molecule has 1 fully saturated rings. The van der Waals surface area contributed by atoms with Gasteiger partial charge in [-0.15, -0.1) is 0 Å². The summed E-state index contributed by atoms with van der Waals surface area (Å²) in [4.78, 5) is 0. The Labute approximate surface area is 98.0 Å². The van der Waals surface area contributed by atoms with E-state index in [-0.39, 0.29) is 6.10 Å². The van der Waals surface area contributed by atoms with Crippen LogP contribution in [0.25, 0.3) is 0 Å². The predicted molar refractivity (Wildman–Crippen MR) is 67.0 cm³/mol. The highest BCUT2D eigenvalue weighted by Gasteiger charge is 2.17. The Morgan fingerprint density at radius 3 is 2.62 bits per heavy atom. The van der Waals surface area contributed by atoms with E-state index in [4.69, 9.17) is 4.74 Å². The zero-order chi connectivity index (χ0) is 11.5. The molecule has 1 aromatic rings. The molecule has 88 valence electrons. The topological polar surface area (TPSA) is 21.3 Å². The number of hydrogen-bond donors (Lipinski definition) is 1. The molecule has 2 rings (SSSR count). The third-order valence-electron chi connectivity index (χ3n) is 2.99. The molecule has 16 heavy (non-hydrogen) atoms. The molecule has 1 aromatic carbocycles. The van der Waals surface area contributed by atoms with E-state index in [1.165, 1.54) is 30.6 Å². The van der Waals surface area contributed by atoms with Gasteiger partial charge in [-0.05, 0) is 63.4 Å². The van der Waals surface area contributed by atoms with Crippen LogP contribution in [0.5, 0.6) is 5.75 Å². The maximum absolute atomic E-state index is 5.73. The fourth-order valence-corrected chi connectivity index (χ4v) is 2.05. The molecule has 1 aliphatic heterocycles. The molecule has 0 atom stereocenters. The smallest absolute Gasteiger partial charge is 0.122 e. The van der Waals surface area contributed by atoms with E-state index in [0.717, 1.165) is 11.7 Å². The van der Waals surface area contributed by atoms with E-state index in [1.807, 2.05) is 0 Å². The zero-order valence-corrected chi connectivity index (χ0v) is 10.4. The molecule has 0 aromatic heterocycles. The van der Waals surface area contributed by atoms with Crippen LogP contribution in [0.4, 0.5) is 0 Å². The van der Waals surface area contributed by atoms with Gasteiger partial charge in [0.2, 0.25) is 0 Å². The maximum Gasteiger partial charge on any atom is 0.122 e. The second-order valence-electron chi connectivity index (χ2n) is 4.99. The lowest BCUT2D eigenvalue weighted by molar-refractivity contribution is 0.240. The van der Waals surface area contributed by atoms with Gasteiger partial charge in [0, 0.05) is 0 Å². The number of ether oxygens (including phenoxy) is 1. The van der Waals surface area contributed by atoms with Gasteiger partial charge in [0.25, 0.3) is 0 Å². The number of benzene rings is 1. The number of rotatable bonds is 4. The first kappa shape index (κ1) is 11.5. The van der Waals surface area contributed by atoms with Crippen molar-refractivity contribution >= 4 is 0 Å². The van der Waals surface area contributed by atoms with Gasteiger partial charge < -0.3 is 10.1 Å². The molecule has 1 N–H and O–H groups in total. The molecule has 0 bridgehead atoms. The van der Waals surface area contributed by atoms with Crippen LogP contribution in [0.15, 0.2) is 18.2 Å². The van der Waals surface area contributed by atoms with E-state index in [1.54, 1.807) is 0 Å². The van der Waals surface area contributed by atoms with E-state index in [2.05, 4.69) is 44.3 Å². The van der Waals surface area contributed by atoms with Gasteiger partial charge in [-0.25, -0.2) is 0 Å². The maximum atomic E-state index is 5.73. The summed E-state index contributed by atoms with van der Waals surface area (Å²) in [5.74, 6) is 1.85. The van der Waals surface area contributed by atoms with Crippen molar-refractivity contribution in [1.29, 1.82) is 0 Å². The molecule has 1 heterocycles. The van der Waals surface area contributed by atoms with Crippen LogP contribution in [-0.4, -0.2) is 19.2 Å². The molecule has 1 saturated heterocycles. The fourth-order valence-electron chi connectivity index (χ4n) is 2.05. The molecule has 0 unspecified atom stereocenters. The standard InChI is InChI=1S/C14H21NO/c1-10(2)16-14-5-4-12(6-11(14)3)7-13-8-15-9-13/h4-6,10,13,15H,7-9H2,1-3H3. The van der Waals surface area contributed by atoms with E-state index < -0.39 is 0 Å². The summed E-state index contributed by atoms with van der Waals surface area (Å²) in [5.41, 5.74) is 2.68. The van der Waals surface area contributed by atoms with Gasteiger partial charge >= 0.3 is 0 Å². The highest BCUT2D eigenvalue weighted by molar-refractivity contribution is 5.36. The minimum Gasteiger partial charge on any atom is -0.491 e. The molecule has 1 aliphatic rings. The van der Waals surface area contributed by atoms with E-state index >= 15 is 0 Å². The second-order valence-corrected chi connectivity index (χ2v) is 4.99. The van der Waals surface area contributed by atoms with Crippen LogP contribution in [0.3, 0.4) is 0 Å². The lowest BCUT2D eigenvalue weighted by atomic mass is 9.93. The minimum absolute atomic E-state index is 0.250. The van der Waals surface area contributed by atoms with Crippen molar-refractivity contribution in [2.24, 2.45) is 5.92 Å². The van der Waals surface area contributed by atoms with Crippen molar-refractivity contribution in [2.75, 3.05) is 13.1 Å². The second kappa shape index (κ2) is 4.88. The summed E-state index contributed by atoms with van der Waals surface area (Å²) in [6.07, 6.45) is 1.44. The van der Waals surface area contributed by atoms with Crippen LogP contribution in [0.2, 0.25) is 0 Å². The average Bonchev–Trinajstić information content (AvgIpc) is 2.15. The van der Waals surface area contributed by atoms with E-state index in [0.29, 0.717) is 0 Å². The Morgan fingerprint density at radius 1 is 1.38 bits per heavy atom.